The first-order valence-corrected chi connectivity index (χ1v) is 7.88. The van der Waals surface area contributed by atoms with Gasteiger partial charge in [0, 0.05) is 19.2 Å². The summed E-state index contributed by atoms with van der Waals surface area (Å²) in [5.41, 5.74) is -0.453. The van der Waals surface area contributed by atoms with Gasteiger partial charge in [0.25, 0.3) is 5.56 Å². The van der Waals surface area contributed by atoms with Crippen molar-refractivity contribution in [1.82, 2.24) is 9.55 Å². The van der Waals surface area contributed by atoms with Crippen LogP contribution < -0.4 is 15.6 Å². The number of rotatable bonds is 4. The van der Waals surface area contributed by atoms with Crippen LogP contribution in [-0.4, -0.2) is 16.6 Å². The van der Waals surface area contributed by atoms with E-state index in [0.29, 0.717) is 12.1 Å². The molecule has 0 fully saturated rings. The lowest BCUT2D eigenvalue weighted by atomic mass is 10.3. The van der Waals surface area contributed by atoms with Gasteiger partial charge in [0.15, 0.2) is 17.5 Å². The van der Waals surface area contributed by atoms with Crippen LogP contribution in [0.5, 0.6) is 11.8 Å². The molecule has 27 heavy (non-hydrogen) atoms. The highest BCUT2D eigenvalue weighted by Gasteiger charge is 2.19. The first kappa shape index (κ1) is 18.8. The molecule has 3 aromatic rings. The van der Waals surface area contributed by atoms with Crippen molar-refractivity contribution in [2.45, 2.75) is 5.03 Å². The van der Waals surface area contributed by atoms with Crippen molar-refractivity contribution in [2.75, 3.05) is 12.4 Å². The number of benzene rings is 2. The number of aromatic nitrogens is 2. The maximum absolute atomic E-state index is 13.4. The van der Waals surface area contributed by atoms with Crippen LogP contribution in [0.3, 0.4) is 0 Å². The molecule has 0 saturated carbocycles. The highest BCUT2D eigenvalue weighted by molar-refractivity contribution is 7.80. The number of hydrogen-bond donors (Lipinski definition) is 2. The molecule has 0 atom stereocenters. The van der Waals surface area contributed by atoms with E-state index in [9.17, 15) is 22.4 Å². The molecule has 0 radical (unpaired) electrons. The summed E-state index contributed by atoms with van der Waals surface area (Å²) in [4.78, 5) is 16.7. The second kappa shape index (κ2) is 7.31. The first-order valence-electron chi connectivity index (χ1n) is 7.44. The molecule has 3 rings (SSSR count). The molecular formula is C17H11F4N3O2S. The van der Waals surface area contributed by atoms with E-state index < -0.39 is 40.6 Å². The van der Waals surface area contributed by atoms with E-state index in [1.807, 2.05) is 0 Å². The summed E-state index contributed by atoms with van der Waals surface area (Å²) >= 11 is 4.08. The van der Waals surface area contributed by atoms with Crippen molar-refractivity contribution in [3.63, 3.8) is 0 Å². The minimum atomic E-state index is -1.66. The number of nitrogens with one attached hydrogen (secondary N) is 1. The topological polar surface area (TPSA) is 56.2 Å². The minimum absolute atomic E-state index is 0.0199. The van der Waals surface area contributed by atoms with E-state index in [2.05, 4.69) is 22.9 Å². The molecule has 0 aliphatic rings. The van der Waals surface area contributed by atoms with Crippen LogP contribution in [0.15, 0.2) is 46.2 Å². The fourth-order valence-corrected chi connectivity index (χ4v) is 2.59. The molecule has 0 spiro atoms. The minimum Gasteiger partial charge on any atom is -0.425 e. The van der Waals surface area contributed by atoms with Gasteiger partial charge in [0.1, 0.15) is 22.3 Å². The summed E-state index contributed by atoms with van der Waals surface area (Å²) < 4.78 is 59.5. The smallest absolute Gasteiger partial charge is 0.310 e. The molecule has 10 heteroatoms. The number of thiol groups is 1. The van der Waals surface area contributed by atoms with E-state index in [1.54, 1.807) is 0 Å². The average Bonchev–Trinajstić information content (AvgIpc) is 2.61. The standard InChI is InChI=1S/C17H11F4N3O2S/c1-22-14-15(27)23-17(26-10-6-11(19)13(21)12(20)7-10)24(16(14)25)9-4-2-8(18)3-5-9/h2-7,22,27H,1H3. The van der Waals surface area contributed by atoms with Crippen LogP contribution in [0.2, 0.25) is 0 Å². The van der Waals surface area contributed by atoms with Gasteiger partial charge < -0.3 is 10.1 Å². The van der Waals surface area contributed by atoms with Crippen LogP contribution in [-0.2, 0) is 0 Å². The molecule has 140 valence electrons. The Morgan fingerprint density at radius 1 is 1.07 bits per heavy atom. The van der Waals surface area contributed by atoms with E-state index in [-0.39, 0.29) is 16.4 Å². The van der Waals surface area contributed by atoms with Crippen molar-refractivity contribution in [2.24, 2.45) is 0 Å². The third-order valence-corrected chi connectivity index (χ3v) is 3.86. The molecule has 0 amide bonds. The second-order valence-electron chi connectivity index (χ2n) is 5.26. The molecule has 5 nitrogen and oxygen atoms in total. The fraction of sp³-hybridized carbons (Fsp3) is 0.0588. The molecular weight excluding hydrogens is 386 g/mol. The van der Waals surface area contributed by atoms with E-state index >= 15 is 0 Å². The van der Waals surface area contributed by atoms with Crippen LogP contribution in [0.1, 0.15) is 0 Å². The van der Waals surface area contributed by atoms with Gasteiger partial charge in [0.05, 0.1) is 5.69 Å². The van der Waals surface area contributed by atoms with Gasteiger partial charge in [-0.25, -0.2) is 22.1 Å². The lowest BCUT2D eigenvalue weighted by molar-refractivity contribution is 0.397. The van der Waals surface area contributed by atoms with Gasteiger partial charge in [-0.1, -0.05) is 0 Å². The Kier molecular flexibility index (Phi) is 5.08. The Hall–Kier alpha value is -3.01. The Labute approximate surface area is 155 Å². The molecule has 0 saturated heterocycles. The number of ether oxygens (including phenoxy) is 1. The third-order valence-electron chi connectivity index (χ3n) is 3.53. The number of nitrogens with zero attached hydrogens (tertiary/aromatic N) is 2. The maximum Gasteiger partial charge on any atom is 0.310 e. The number of halogens is 4. The van der Waals surface area contributed by atoms with Crippen molar-refractivity contribution in [3.8, 4) is 17.4 Å². The van der Waals surface area contributed by atoms with Gasteiger partial charge in [-0.15, -0.1) is 12.6 Å². The summed E-state index contributed by atoms with van der Waals surface area (Å²) in [6, 6.07) is 5.59. The van der Waals surface area contributed by atoms with Crippen LogP contribution in [0.25, 0.3) is 5.69 Å². The van der Waals surface area contributed by atoms with E-state index in [0.717, 1.165) is 16.7 Å². The highest BCUT2D eigenvalue weighted by atomic mass is 32.1. The molecule has 0 unspecified atom stereocenters. The predicted octanol–water partition coefficient (Wildman–Crippen LogP) is 3.91. The number of anilines is 1. The largest absolute Gasteiger partial charge is 0.425 e. The Morgan fingerprint density at radius 3 is 2.22 bits per heavy atom. The van der Waals surface area contributed by atoms with Gasteiger partial charge in [0.2, 0.25) is 0 Å². The molecule has 0 aliphatic heterocycles. The Balaban J connectivity index is 2.20. The third kappa shape index (κ3) is 3.61. The highest BCUT2D eigenvalue weighted by Crippen LogP contribution is 2.27. The van der Waals surface area contributed by atoms with Crippen LogP contribution in [0.4, 0.5) is 23.2 Å². The van der Waals surface area contributed by atoms with Gasteiger partial charge >= 0.3 is 6.01 Å². The van der Waals surface area contributed by atoms with Gasteiger partial charge in [-0.05, 0) is 24.3 Å². The summed E-state index contributed by atoms with van der Waals surface area (Å²) in [6.45, 7) is 0. The normalized spacial score (nSPS) is 10.7. The zero-order valence-electron chi connectivity index (χ0n) is 13.6. The lowest BCUT2D eigenvalue weighted by Crippen LogP contribution is -2.24. The van der Waals surface area contributed by atoms with Crippen molar-refractivity contribution in [1.29, 1.82) is 0 Å². The molecule has 2 aromatic carbocycles. The van der Waals surface area contributed by atoms with Gasteiger partial charge in [-0.3, -0.25) is 4.79 Å². The van der Waals surface area contributed by atoms with Crippen molar-refractivity contribution >= 4 is 18.3 Å². The second-order valence-corrected chi connectivity index (χ2v) is 5.69. The summed E-state index contributed by atoms with van der Waals surface area (Å²) in [5.74, 6) is -5.58. The summed E-state index contributed by atoms with van der Waals surface area (Å²) in [6.07, 6.45) is 0. The summed E-state index contributed by atoms with van der Waals surface area (Å²) in [7, 11) is 1.47. The molecule has 1 aromatic heterocycles. The quantitative estimate of drug-likeness (QED) is 0.303. The Bertz CT molecular complexity index is 1050. The maximum atomic E-state index is 13.4. The zero-order chi connectivity index (χ0) is 19.7. The average molecular weight is 397 g/mol. The lowest BCUT2D eigenvalue weighted by Gasteiger charge is -2.15. The van der Waals surface area contributed by atoms with Crippen molar-refractivity contribution in [3.05, 3.63) is 70.0 Å². The van der Waals surface area contributed by atoms with Gasteiger partial charge in [-0.2, -0.15) is 4.98 Å². The monoisotopic (exact) mass is 397 g/mol. The number of hydrogen-bond acceptors (Lipinski definition) is 5. The molecule has 1 N–H and O–H groups in total. The van der Waals surface area contributed by atoms with E-state index in [1.165, 1.54) is 19.2 Å². The first-order chi connectivity index (χ1) is 12.8. The summed E-state index contributed by atoms with van der Waals surface area (Å²) in [5, 5.41) is 2.59. The Morgan fingerprint density at radius 2 is 1.67 bits per heavy atom. The van der Waals surface area contributed by atoms with Crippen LogP contribution >= 0.6 is 12.6 Å². The fourth-order valence-electron chi connectivity index (χ4n) is 2.29. The van der Waals surface area contributed by atoms with Crippen molar-refractivity contribution < 1.29 is 22.3 Å². The SMILES string of the molecule is CNc1c(S)nc(Oc2cc(F)c(F)c(F)c2)n(-c2ccc(F)cc2)c1=O. The molecule has 0 aliphatic carbocycles. The predicted molar refractivity (Wildman–Crippen MR) is 93.0 cm³/mol. The molecule has 1 heterocycles. The zero-order valence-corrected chi connectivity index (χ0v) is 14.5. The van der Waals surface area contributed by atoms with Crippen LogP contribution in [0, 0.1) is 23.3 Å². The molecule has 0 bridgehead atoms. The van der Waals surface area contributed by atoms with E-state index in [4.69, 9.17) is 4.74 Å².